The number of aliphatic hydroxyl groups is 6. The Morgan fingerprint density at radius 3 is 1.58 bits per heavy atom. The summed E-state index contributed by atoms with van der Waals surface area (Å²) in [4.78, 5) is 25.1. The van der Waals surface area contributed by atoms with Crippen LogP contribution < -0.4 is 0 Å². The first-order valence-electron chi connectivity index (χ1n) is 19.5. The van der Waals surface area contributed by atoms with Gasteiger partial charge >= 0.3 is 11.9 Å². The minimum absolute atomic E-state index is 0.0683. The maximum absolute atomic E-state index is 12.7. The van der Waals surface area contributed by atoms with Gasteiger partial charge in [-0.15, -0.1) is 0 Å². The number of carbonyl (C=O) groups is 2. The molecule has 1 heterocycles. The monoisotopic (exact) mass is 774 g/mol. The van der Waals surface area contributed by atoms with Crippen molar-refractivity contribution < 1.29 is 59.2 Å². The second-order valence-corrected chi connectivity index (χ2v) is 12.8. The van der Waals surface area contributed by atoms with Crippen LogP contribution in [0, 0.1) is 0 Å². The fraction of sp³-hybridized carbons (Fsp3) is 0.581. The Labute approximate surface area is 327 Å². The highest BCUT2D eigenvalue weighted by molar-refractivity contribution is 5.70. The molecule has 0 bridgehead atoms. The molecule has 1 aliphatic heterocycles. The molecule has 1 rings (SSSR count). The quantitative estimate of drug-likeness (QED) is 0.0309. The van der Waals surface area contributed by atoms with E-state index in [0.29, 0.717) is 19.3 Å². The summed E-state index contributed by atoms with van der Waals surface area (Å²) >= 11 is 0. The predicted molar refractivity (Wildman–Crippen MR) is 212 cm³/mol. The number of hydrogen-bond donors (Lipinski definition) is 6. The van der Waals surface area contributed by atoms with Crippen LogP contribution in [0.4, 0.5) is 0 Å². The third-order valence-electron chi connectivity index (χ3n) is 8.14. The summed E-state index contributed by atoms with van der Waals surface area (Å²) in [5.41, 5.74) is 0. The highest BCUT2D eigenvalue weighted by Crippen LogP contribution is 2.22. The summed E-state index contributed by atoms with van der Waals surface area (Å²) in [6.45, 7) is -0.975. The average molecular weight is 775 g/mol. The Morgan fingerprint density at radius 2 is 1.05 bits per heavy atom. The topological polar surface area (TPSA) is 192 Å². The highest BCUT2D eigenvalue weighted by Gasteiger charge is 2.44. The smallest absolute Gasteiger partial charge is 0.306 e. The number of unbranched alkanes of at least 4 members (excludes halogenated alkanes) is 3. The lowest BCUT2D eigenvalue weighted by atomic mass is 9.99. The molecule has 0 radical (unpaired) electrons. The van der Waals surface area contributed by atoms with Crippen LogP contribution in [0.3, 0.4) is 0 Å². The molecular weight excluding hydrogens is 708 g/mol. The summed E-state index contributed by atoms with van der Waals surface area (Å²) in [5, 5.41) is 57.4. The van der Waals surface area contributed by atoms with Crippen molar-refractivity contribution in [3.63, 3.8) is 0 Å². The molecule has 0 saturated carbocycles. The fourth-order valence-corrected chi connectivity index (χ4v) is 5.02. The Bertz CT molecular complexity index is 1220. The molecule has 0 aromatic rings. The Morgan fingerprint density at radius 1 is 0.545 bits per heavy atom. The molecule has 6 unspecified atom stereocenters. The zero-order valence-corrected chi connectivity index (χ0v) is 32.3. The van der Waals surface area contributed by atoms with Crippen LogP contribution in [0.1, 0.15) is 89.9 Å². The summed E-state index contributed by atoms with van der Waals surface area (Å²) < 4.78 is 21.9. The molecule has 6 N–H and O–H groups in total. The normalized spacial score (nSPS) is 21.6. The highest BCUT2D eigenvalue weighted by atomic mass is 16.7. The average Bonchev–Trinajstić information content (AvgIpc) is 3.18. The van der Waals surface area contributed by atoms with Gasteiger partial charge in [0.15, 0.2) is 12.4 Å². The fourth-order valence-electron chi connectivity index (χ4n) is 5.02. The number of ether oxygens (including phenoxy) is 4. The number of hydrogen-bond acceptors (Lipinski definition) is 12. The van der Waals surface area contributed by atoms with E-state index >= 15 is 0 Å². The van der Waals surface area contributed by atoms with Gasteiger partial charge in [-0.05, 0) is 77.0 Å². The lowest BCUT2D eigenvalue weighted by molar-refractivity contribution is -0.305. The number of aliphatic hydroxyl groups excluding tert-OH is 6. The van der Waals surface area contributed by atoms with Crippen molar-refractivity contribution in [3.8, 4) is 0 Å². The van der Waals surface area contributed by atoms with E-state index < -0.39 is 55.4 Å². The van der Waals surface area contributed by atoms with E-state index in [2.05, 4.69) is 54.7 Å². The maximum atomic E-state index is 12.7. The number of esters is 2. The summed E-state index contributed by atoms with van der Waals surface area (Å²) in [6.07, 6.45) is 33.4. The van der Waals surface area contributed by atoms with E-state index in [9.17, 15) is 30.0 Å². The molecule has 12 heteroatoms. The van der Waals surface area contributed by atoms with Crippen molar-refractivity contribution in [3.05, 3.63) is 97.2 Å². The van der Waals surface area contributed by atoms with Crippen LogP contribution in [0.2, 0.25) is 0 Å². The third kappa shape index (κ3) is 26.9. The second-order valence-electron chi connectivity index (χ2n) is 12.8. The van der Waals surface area contributed by atoms with E-state index in [4.69, 9.17) is 29.2 Å². The van der Waals surface area contributed by atoms with Crippen molar-refractivity contribution in [1.29, 1.82) is 0 Å². The SMILES string of the molecule is O=C(CCC/C=C\C/C=C\C/C=C\C/C=C\C/C=C\CO)OCC(COC1OC(CO)C(O)C(O)C1O)OC(=O)CC/C=C\C/C=C\C/C=C\CCCCO. The minimum Gasteiger partial charge on any atom is -0.462 e. The van der Waals surface area contributed by atoms with Gasteiger partial charge in [0.2, 0.25) is 0 Å². The first-order valence-corrected chi connectivity index (χ1v) is 19.5. The molecule has 0 aliphatic carbocycles. The molecule has 1 aliphatic rings. The van der Waals surface area contributed by atoms with Crippen LogP contribution in [-0.2, 0) is 28.5 Å². The lowest BCUT2D eigenvalue weighted by Crippen LogP contribution is -2.59. The number of carbonyl (C=O) groups excluding carboxylic acids is 2. The minimum atomic E-state index is -1.63. The van der Waals surface area contributed by atoms with E-state index in [1.807, 2.05) is 36.5 Å². The van der Waals surface area contributed by atoms with Crippen molar-refractivity contribution in [2.75, 3.05) is 33.0 Å². The summed E-state index contributed by atoms with van der Waals surface area (Å²) in [7, 11) is 0. The van der Waals surface area contributed by atoms with Gasteiger partial charge in [0.1, 0.15) is 31.0 Å². The van der Waals surface area contributed by atoms with Crippen molar-refractivity contribution in [2.24, 2.45) is 0 Å². The largest absolute Gasteiger partial charge is 0.462 e. The van der Waals surface area contributed by atoms with Crippen LogP contribution >= 0.6 is 0 Å². The molecule has 12 nitrogen and oxygen atoms in total. The molecule has 0 aromatic heterocycles. The lowest BCUT2D eigenvalue weighted by Gasteiger charge is -2.39. The molecular formula is C43H66O12. The van der Waals surface area contributed by atoms with Gasteiger partial charge in [-0.2, -0.15) is 0 Å². The zero-order valence-electron chi connectivity index (χ0n) is 32.3. The van der Waals surface area contributed by atoms with Crippen molar-refractivity contribution in [2.45, 2.75) is 127 Å². The Kier molecular flexibility index (Phi) is 31.5. The second kappa shape index (κ2) is 35.0. The van der Waals surface area contributed by atoms with Gasteiger partial charge in [-0.25, -0.2) is 0 Å². The zero-order chi connectivity index (χ0) is 40.2. The Hall–Kier alpha value is -3.46. The Balaban J connectivity index is 2.47. The van der Waals surface area contributed by atoms with Gasteiger partial charge in [-0.3, -0.25) is 9.59 Å². The molecule has 55 heavy (non-hydrogen) atoms. The van der Waals surface area contributed by atoms with Crippen LogP contribution in [0.5, 0.6) is 0 Å². The van der Waals surface area contributed by atoms with Crippen LogP contribution in [-0.4, -0.2) is 112 Å². The van der Waals surface area contributed by atoms with Crippen LogP contribution in [0.25, 0.3) is 0 Å². The van der Waals surface area contributed by atoms with Crippen LogP contribution in [0.15, 0.2) is 97.2 Å². The van der Waals surface area contributed by atoms with E-state index in [1.165, 1.54) is 0 Å². The first-order chi connectivity index (χ1) is 26.8. The molecule has 6 atom stereocenters. The van der Waals surface area contributed by atoms with E-state index in [0.717, 1.165) is 57.8 Å². The number of allylic oxidation sites excluding steroid dienone is 15. The first kappa shape index (κ1) is 49.6. The standard InChI is InChI=1S/C43H66O12/c44-31-27-23-19-15-11-7-4-2-1-3-5-9-13-17-21-25-29-38(47)52-34-36(35-53-43-42(51)41(50)40(49)37(33-46)55-43)54-39(48)30-26-22-18-14-10-6-8-12-16-20-24-28-32-45/h2-6,10-13,15-18,22-23,27,36-37,40-46,49-51H,1,7-9,14,19-21,24-26,28-35H2/b4-2-,5-3-,10-6-,15-11-,16-12-,17-13-,22-18-,27-23-. The van der Waals surface area contributed by atoms with E-state index in [-0.39, 0.29) is 39.3 Å². The molecule has 1 saturated heterocycles. The maximum Gasteiger partial charge on any atom is 0.306 e. The molecule has 0 amide bonds. The summed E-state index contributed by atoms with van der Waals surface area (Å²) in [6, 6.07) is 0. The molecule has 0 aromatic carbocycles. The van der Waals surface area contributed by atoms with Gasteiger partial charge < -0.3 is 49.6 Å². The van der Waals surface area contributed by atoms with Crippen molar-refractivity contribution in [1.82, 2.24) is 0 Å². The van der Waals surface area contributed by atoms with Gasteiger partial charge in [-0.1, -0.05) is 97.2 Å². The third-order valence-corrected chi connectivity index (χ3v) is 8.14. The van der Waals surface area contributed by atoms with Gasteiger partial charge in [0.05, 0.1) is 19.8 Å². The molecule has 310 valence electrons. The molecule has 0 spiro atoms. The van der Waals surface area contributed by atoms with E-state index in [1.54, 1.807) is 6.08 Å². The summed E-state index contributed by atoms with van der Waals surface area (Å²) in [5.74, 6) is -1.02. The van der Waals surface area contributed by atoms with Crippen molar-refractivity contribution >= 4 is 11.9 Å². The predicted octanol–water partition coefficient (Wildman–Crippen LogP) is 5.15. The number of rotatable bonds is 31. The van der Waals surface area contributed by atoms with Gasteiger partial charge in [0, 0.05) is 19.4 Å². The molecule has 1 fully saturated rings. The van der Waals surface area contributed by atoms with Gasteiger partial charge in [0.25, 0.3) is 0 Å².